The van der Waals surface area contributed by atoms with Crippen molar-refractivity contribution in [2.45, 2.75) is 64.4 Å². The van der Waals surface area contributed by atoms with E-state index < -0.39 is 0 Å². The van der Waals surface area contributed by atoms with E-state index >= 15 is 0 Å². The number of likely N-dealkylation sites (tertiary alicyclic amines) is 1. The second-order valence-corrected chi connectivity index (χ2v) is 7.36. The fourth-order valence-corrected chi connectivity index (χ4v) is 3.52. The van der Waals surface area contributed by atoms with Crippen molar-refractivity contribution in [1.82, 2.24) is 15.5 Å². The summed E-state index contributed by atoms with van der Waals surface area (Å²) in [6.07, 6.45) is 10.3. The molecular weight excluding hydrogens is 455 g/mol. The van der Waals surface area contributed by atoms with Gasteiger partial charge in [0.15, 0.2) is 5.96 Å². The van der Waals surface area contributed by atoms with Crippen molar-refractivity contribution >= 4 is 29.9 Å². The van der Waals surface area contributed by atoms with Gasteiger partial charge in [-0.2, -0.15) is 0 Å². The molecule has 0 saturated carbocycles. The third-order valence-electron chi connectivity index (χ3n) is 5.05. The van der Waals surface area contributed by atoms with Crippen LogP contribution in [0.3, 0.4) is 0 Å². The monoisotopic (exact) mass is 496 g/mol. The number of piperidine rings is 1. The largest absolute Gasteiger partial charge is 0.379 e. The Morgan fingerprint density at radius 2 is 1.96 bits per heavy atom. The quantitative estimate of drug-likeness (QED) is 0.188. The number of nitrogens with one attached hydrogen (secondary N) is 2. The standard InChI is InChI=1S/C20H40N4O2.HI/c1-2-21-20(23-12-9-16-26-19-10-17-25-18-19)22-11-5-3-6-13-24-14-7-4-8-15-24;/h19H,2-18H2,1H3,(H2,21,22,23);1H. The van der Waals surface area contributed by atoms with Gasteiger partial charge in [-0.25, -0.2) is 0 Å². The second-order valence-electron chi connectivity index (χ2n) is 7.36. The summed E-state index contributed by atoms with van der Waals surface area (Å²) in [5.41, 5.74) is 0. The molecule has 2 rings (SSSR count). The topological polar surface area (TPSA) is 58.1 Å². The highest BCUT2D eigenvalue weighted by molar-refractivity contribution is 14.0. The molecule has 160 valence electrons. The molecule has 0 bridgehead atoms. The predicted molar refractivity (Wildman–Crippen MR) is 123 cm³/mol. The van der Waals surface area contributed by atoms with Gasteiger partial charge in [0.2, 0.25) is 0 Å². The van der Waals surface area contributed by atoms with Crippen LogP contribution in [-0.4, -0.2) is 76.1 Å². The Kier molecular flexibility index (Phi) is 15.5. The molecule has 0 aromatic carbocycles. The fourth-order valence-electron chi connectivity index (χ4n) is 3.52. The lowest BCUT2D eigenvalue weighted by molar-refractivity contribution is 0.0424. The van der Waals surface area contributed by atoms with Crippen molar-refractivity contribution in [2.75, 3.05) is 59.1 Å². The number of hydrogen-bond donors (Lipinski definition) is 2. The van der Waals surface area contributed by atoms with Crippen LogP contribution in [0.2, 0.25) is 0 Å². The molecule has 0 aliphatic carbocycles. The lowest BCUT2D eigenvalue weighted by Crippen LogP contribution is -2.38. The lowest BCUT2D eigenvalue weighted by Gasteiger charge is -2.26. The van der Waals surface area contributed by atoms with E-state index in [1.807, 2.05) is 0 Å². The van der Waals surface area contributed by atoms with E-state index in [4.69, 9.17) is 9.47 Å². The number of guanidine groups is 1. The molecule has 2 aliphatic heterocycles. The first-order valence-corrected chi connectivity index (χ1v) is 10.8. The van der Waals surface area contributed by atoms with E-state index in [1.54, 1.807) is 0 Å². The lowest BCUT2D eigenvalue weighted by atomic mass is 10.1. The summed E-state index contributed by atoms with van der Waals surface area (Å²) >= 11 is 0. The fraction of sp³-hybridized carbons (Fsp3) is 0.950. The average molecular weight is 496 g/mol. The first-order valence-electron chi connectivity index (χ1n) is 10.8. The maximum Gasteiger partial charge on any atom is 0.191 e. The third-order valence-corrected chi connectivity index (χ3v) is 5.05. The maximum atomic E-state index is 5.78. The predicted octanol–water partition coefficient (Wildman–Crippen LogP) is 3.01. The Balaban J connectivity index is 0.00000364. The van der Waals surface area contributed by atoms with Crippen molar-refractivity contribution in [3.05, 3.63) is 0 Å². The molecule has 0 radical (unpaired) electrons. The van der Waals surface area contributed by atoms with Crippen LogP contribution in [0.25, 0.3) is 0 Å². The van der Waals surface area contributed by atoms with Gasteiger partial charge < -0.3 is 25.0 Å². The summed E-state index contributed by atoms with van der Waals surface area (Å²) in [5, 5.41) is 6.78. The summed E-state index contributed by atoms with van der Waals surface area (Å²) < 4.78 is 11.1. The van der Waals surface area contributed by atoms with Crippen LogP contribution < -0.4 is 10.6 Å². The number of hydrogen-bond acceptors (Lipinski definition) is 4. The molecule has 1 unspecified atom stereocenters. The van der Waals surface area contributed by atoms with E-state index in [0.29, 0.717) is 6.10 Å². The van der Waals surface area contributed by atoms with Crippen LogP contribution in [0.5, 0.6) is 0 Å². The third kappa shape index (κ3) is 12.1. The van der Waals surface area contributed by atoms with Crippen LogP contribution in [0.4, 0.5) is 0 Å². The number of aliphatic imine (C=N–C) groups is 1. The van der Waals surface area contributed by atoms with Crippen molar-refractivity contribution in [2.24, 2.45) is 4.99 Å². The Labute approximate surface area is 183 Å². The molecule has 0 aromatic heterocycles. The van der Waals surface area contributed by atoms with E-state index in [-0.39, 0.29) is 24.0 Å². The van der Waals surface area contributed by atoms with Crippen LogP contribution in [-0.2, 0) is 9.47 Å². The van der Waals surface area contributed by atoms with E-state index in [9.17, 15) is 0 Å². The number of ether oxygens (including phenoxy) is 2. The first kappa shape index (κ1) is 24.9. The Hall–Kier alpha value is -0.120. The summed E-state index contributed by atoms with van der Waals surface area (Å²) in [6.45, 7) is 11.1. The van der Waals surface area contributed by atoms with Gasteiger partial charge in [-0.05, 0) is 65.1 Å². The van der Waals surface area contributed by atoms with Crippen LogP contribution in [0, 0.1) is 0 Å². The molecule has 7 heteroatoms. The van der Waals surface area contributed by atoms with E-state index in [2.05, 4.69) is 27.4 Å². The second kappa shape index (κ2) is 16.8. The van der Waals surface area contributed by atoms with Gasteiger partial charge in [0.25, 0.3) is 0 Å². The van der Waals surface area contributed by atoms with Crippen molar-refractivity contribution in [1.29, 1.82) is 0 Å². The number of rotatable bonds is 12. The van der Waals surface area contributed by atoms with Crippen molar-refractivity contribution in [3.8, 4) is 0 Å². The molecular formula is C20H41IN4O2. The van der Waals surface area contributed by atoms with Crippen LogP contribution in [0.15, 0.2) is 4.99 Å². The van der Waals surface area contributed by atoms with Gasteiger partial charge in [0.1, 0.15) is 0 Å². The molecule has 1 atom stereocenters. The molecule has 2 aliphatic rings. The molecule has 2 N–H and O–H groups in total. The zero-order valence-electron chi connectivity index (χ0n) is 17.2. The van der Waals surface area contributed by atoms with Gasteiger partial charge >= 0.3 is 0 Å². The Bertz CT molecular complexity index is 373. The first-order chi connectivity index (χ1) is 12.9. The van der Waals surface area contributed by atoms with Gasteiger partial charge in [0, 0.05) is 32.8 Å². The minimum atomic E-state index is 0. The van der Waals surface area contributed by atoms with E-state index in [1.165, 1.54) is 58.2 Å². The average Bonchev–Trinajstić information content (AvgIpc) is 3.18. The molecule has 27 heavy (non-hydrogen) atoms. The minimum absolute atomic E-state index is 0. The molecule has 0 amide bonds. The molecule has 6 nitrogen and oxygen atoms in total. The molecule has 2 saturated heterocycles. The smallest absolute Gasteiger partial charge is 0.191 e. The highest BCUT2D eigenvalue weighted by Gasteiger charge is 2.15. The molecule has 2 heterocycles. The van der Waals surface area contributed by atoms with Gasteiger partial charge in [0.05, 0.1) is 12.7 Å². The summed E-state index contributed by atoms with van der Waals surface area (Å²) in [7, 11) is 0. The van der Waals surface area contributed by atoms with Crippen LogP contribution in [0.1, 0.15) is 58.3 Å². The maximum absolute atomic E-state index is 5.78. The number of nitrogens with zero attached hydrogens (tertiary/aromatic N) is 2. The molecule has 0 spiro atoms. The molecule has 2 fully saturated rings. The minimum Gasteiger partial charge on any atom is -0.379 e. The molecule has 0 aromatic rings. The highest BCUT2D eigenvalue weighted by Crippen LogP contribution is 2.10. The van der Waals surface area contributed by atoms with E-state index in [0.717, 1.165) is 58.3 Å². The normalized spacial score (nSPS) is 21.1. The van der Waals surface area contributed by atoms with Gasteiger partial charge in [-0.3, -0.25) is 4.99 Å². The van der Waals surface area contributed by atoms with Crippen LogP contribution >= 0.6 is 24.0 Å². The van der Waals surface area contributed by atoms with Gasteiger partial charge in [-0.1, -0.05) is 12.8 Å². The zero-order valence-corrected chi connectivity index (χ0v) is 19.5. The zero-order chi connectivity index (χ0) is 18.3. The highest BCUT2D eigenvalue weighted by atomic mass is 127. The SMILES string of the molecule is CCNC(=NCCCOC1CCOC1)NCCCCCN1CCCCC1.I. The van der Waals surface area contributed by atoms with Crippen molar-refractivity contribution in [3.63, 3.8) is 0 Å². The van der Waals surface area contributed by atoms with Crippen molar-refractivity contribution < 1.29 is 9.47 Å². The summed E-state index contributed by atoms with van der Waals surface area (Å²) in [4.78, 5) is 7.27. The summed E-state index contributed by atoms with van der Waals surface area (Å²) in [5.74, 6) is 0.938. The number of unbranched alkanes of at least 4 members (excludes halogenated alkanes) is 2. The summed E-state index contributed by atoms with van der Waals surface area (Å²) in [6, 6.07) is 0. The Morgan fingerprint density at radius 1 is 1.11 bits per heavy atom. The van der Waals surface area contributed by atoms with Gasteiger partial charge in [-0.15, -0.1) is 24.0 Å². The Morgan fingerprint density at radius 3 is 2.70 bits per heavy atom. The number of halogens is 1.